The van der Waals surface area contributed by atoms with Crippen molar-refractivity contribution in [1.82, 2.24) is 0 Å². The topological polar surface area (TPSA) is 78.9 Å². The summed E-state index contributed by atoms with van der Waals surface area (Å²) in [5.74, 6) is -0.870. The van der Waals surface area contributed by atoms with Gasteiger partial charge in [-0.05, 0) is 103 Å². The molecule has 6 nitrogen and oxygen atoms in total. The summed E-state index contributed by atoms with van der Waals surface area (Å²) in [7, 11) is 0. The molecule has 0 heterocycles. The van der Waals surface area contributed by atoms with Crippen LogP contribution in [0.4, 0.5) is 0 Å². The highest BCUT2D eigenvalue weighted by Crippen LogP contribution is 2.17. The van der Waals surface area contributed by atoms with Crippen LogP contribution in [0.2, 0.25) is 0 Å². The summed E-state index contributed by atoms with van der Waals surface area (Å²) in [6.07, 6.45) is 91.4. The summed E-state index contributed by atoms with van der Waals surface area (Å²) in [6.45, 7) is 6.54. The largest absolute Gasteiger partial charge is 0.462 e. The Morgan fingerprint density at radius 2 is 0.487 bits per heavy atom. The number of ether oxygens (including phenoxy) is 3. The third kappa shape index (κ3) is 65.1. The van der Waals surface area contributed by atoms with Crippen LogP contribution in [0.3, 0.4) is 0 Å². The molecule has 1 atom stereocenters. The smallest absolute Gasteiger partial charge is 0.306 e. The molecule has 80 heavy (non-hydrogen) atoms. The van der Waals surface area contributed by atoms with E-state index in [4.69, 9.17) is 14.2 Å². The molecule has 0 aliphatic carbocycles. The highest BCUT2D eigenvalue weighted by molar-refractivity contribution is 5.71. The lowest BCUT2D eigenvalue weighted by atomic mass is 10.0. The Morgan fingerprint density at radius 3 is 0.775 bits per heavy atom. The monoisotopic (exact) mass is 1110 g/mol. The van der Waals surface area contributed by atoms with E-state index in [1.807, 2.05) is 0 Å². The van der Waals surface area contributed by atoms with Crippen molar-refractivity contribution in [2.24, 2.45) is 0 Å². The van der Waals surface area contributed by atoms with Gasteiger partial charge >= 0.3 is 17.9 Å². The number of carbonyl (C=O) groups excluding carboxylic acids is 3. The van der Waals surface area contributed by atoms with Gasteiger partial charge in [-0.15, -0.1) is 0 Å². The molecule has 0 amide bonds. The third-order valence-electron chi connectivity index (χ3n) is 14.8. The molecule has 0 rings (SSSR count). The maximum atomic E-state index is 12.9. The minimum Gasteiger partial charge on any atom is -0.462 e. The lowest BCUT2D eigenvalue weighted by molar-refractivity contribution is -0.167. The van der Waals surface area contributed by atoms with E-state index in [0.29, 0.717) is 19.3 Å². The lowest BCUT2D eigenvalue weighted by Crippen LogP contribution is -2.30. The Balaban J connectivity index is 4.20. The molecular formula is C74H128O6. The summed E-state index contributed by atoms with van der Waals surface area (Å²) in [5, 5.41) is 0. The van der Waals surface area contributed by atoms with Crippen LogP contribution in [0.1, 0.15) is 335 Å². The van der Waals surface area contributed by atoms with Gasteiger partial charge in [-0.25, -0.2) is 0 Å². The maximum absolute atomic E-state index is 12.9. The Kier molecular flexibility index (Phi) is 64.7. The van der Waals surface area contributed by atoms with E-state index in [-0.39, 0.29) is 31.1 Å². The van der Waals surface area contributed by atoms with Gasteiger partial charge in [-0.1, -0.05) is 311 Å². The van der Waals surface area contributed by atoms with Gasteiger partial charge in [0.25, 0.3) is 0 Å². The fourth-order valence-corrected chi connectivity index (χ4v) is 9.71. The number of unbranched alkanes of at least 4 members (excludes halogenated alkanes) is 35. The number of carbonyl (C=O) groups is 3. The second kappa shape index (κ2) is 67.8. The summed E-state index contributed by atoms with van der Waals surface area (Å²) in [6, 6.07) is 0. The minimum atomic E-state index is -0.779. The zero-order valence-corrected chi connectivity index (χ0v) is 52.8. The molecule has 0 aliphatic heterocycles. The first kappa shape index (κ1) is 76.3. The van der Waals surface area contributed by atoms with E-state index < -0.39 is 6.10 Å². The standard InChI is InChI=1S/C74H128O6/c1-4-7-10-13-16-19-22-24-26-28-30-31-32-33-34-35-36-37-38-39-40-41-42-43-44-46-47-49-52-55-58-61-64-67-73(76)79-70-71(69-78-72(75)66-63-60-57-54-51-21-18-15-12-9-6-3)80-74(77)68-65-62-59-56-53-50-48-45-29-27-25-23-20-17-14-11-8-5-2/h7,10,16,19,24,26-27,29-31,33-34,36-37,39-40,71H,4-6,8-9,11-15,17-18,20-23,25,28,32,35,38,41-70H2,1-3H3/b10-7-,19-16-,26-24-,29-27-,31-30-,34-33-,37-36-,40-39-. The molecule has 0 aromatic heterocycles. The molecule has 6 heteroatoms. The second-order valence-electron chi connectivity index (χ2n) is 22.7. The van der Waals surface area contributed by atoms with Crippen molar-refractivity contribution in [2.75, 3.05) is 13.2 Å². The molecule has 460 valence electrons. The zero-order chi connectivity index (χ0) is 57.8. The van der Waals surface area contributed by atoms with Crippen LogP contribution in [-0.4, -0.2) is 37.2 Å². The predicted molar refractivity (Wildman–Crippen MR) is 348 cm³/mol. The van der Waals surface area contributed by atoms with Crippen molar-refractivity contribution in [3.63, 3.8) is 0 Å². The Bertz CT molecular complexity index is 1560. The fourth-order valence-electron chi connectivity index (χ4n) is 9.71. The predicted octanol–water partition coefficient (Wildman–Crippen LogP) is 23.6. The molecule has 1 unspecified atom stereocenters. The SMILES string of the molecule is CC/C=C\C/C=C\C/C=C\C/C=C\C/C=C\C/C=C\C/C=C\CCCCCCCCCCCCCC(=O)OCC(COC(=O)CCCCCCCCCCCCC)OC(=O)CCCCCCCCC/C=C\CCCCCCCCC. The highest BCUT2D eigenvalue weighted by atomic mass is 16.6. The highest BCUT2D eigenvalue weighted by Gasteiger charge is 2.19. The van der Waals surface area contributed by atoms with Crippen LogP contribution in [0.25, 0.3) is 0 Å². The van der Waals surface area contributed by atoms with Crippen molar-refractivity contribution >= 4 is 17.9 Å². The minimum absolute atomic E-state index is 0.0755. The number of hydrogen-bond donors (Lipinski definition) is 0. The van der Waals surface area contributed by atoms with E-state index in [0.717, 1.165) is 103 Å². The van der Waals surface area contributed by atoms with Crippen LogP contribution >= 0.6 is 0 Å². The van der Waals surface area contributed by atoms with Crippen molar-refractivity contribution in [3.05, 3.63) is 97.2 Å². The van der Waals surface area contributed by atoms with E-state index in [1.165, 1.54) is 193 Å². The molecular weight excluding hydrogens is 985 g/mol. The first-order valence-electron chi connectivity index (χ1n) is 34.2. The summed E-state index contributed by atoms with van der Waals surface area (Å²) in [4.78, 5) is 38.3. The van der Waals surface area contributed by atoms with Gasteiger partial charge in [0.1, 0.15) is 13.2 Å². The lowest BCUT2D eigenvalue weighted by Gasteiger charge is -2.18. The molecule has 0 spiro atoms. The molecule has 0 saturated heterocycles. The average molecular weight is 1110 g/mol. The Hall–Kier alpha value is -3.67. The maximum Gasteiger partial charge on any atom is 0.306 e. The Labute approximate surface area is 496 Å². The van der Waals surface area contributed by atoms with Crippen molar-refractivity contribution in [2.45, 2.75) is 341 Å². The zero-order valence-electron chi connectivity index (χ0n) is 52.8. The normalized spacial score (nSPS) is 12.7. The van der Waals surface area contributed by atoms with Gasteiger partial charge in [-0.2, -0.15) is 0 Å². The number of hydrogen-bond acceptors (Lipinski definition) is 6. The quantitative estimate of drug-likeness (QED) is 0.0261. The van der Waals surface area contributed by atoms with Gasteiger partial charge in [0.2, 0.25) is 0 Å². The van der Waals surface area contributed by atoms with Crippen LogP contribution in [0.15, 0.2) is 97.2 Å². The van der Waals surface area contributed by atoms with Crippen LogP contribution in [0, 0.1) is 0 Å². The molecule has 0 aromatic rings. The molecule has 0 bridgehead atoms. The van der Waals surface area contributed by atoms with Crippen molar-refractivity contribution in [3.8, 4) is 0 Å². The van der Waals surface area contributed by atoms with Crippen molar-refractivity contribution < 1.29 is 28.6 Å². The van der Waals surface area contributed by atoms with E-state index in [9.17, 15) is 14.4 Å². The first-order chi connectivity index (χ1) is 39.5. The van der Waals surface area contributed by atoms with E-state index >= 15 is 0 Å². The second-order valence-corrected chi connectivity index (χ2v) is 22.7. The molecule has 0 fully saturated rings. The third-order valence-corrected chi connectivity index (χ3v) is 14.8. The molecule has 0 aromatic carbocycles. The van der Waals surface area contributed by atoms with Crippen LogP contribution < -0.4 is 0 Å². The number of rotatable bonds is 62. The van der Waals surface area contributed by atoms with E-state index in [2.05, 4.69) is 118 Å². The molecule has 0 radical (unpaired) electrons. The summed E-state index contributed by atoms with van der Waals surface area (Å²) >= 11 is 0. The fraction of sp³-hybridized carbons (Fsp3) is 0.743. The molecule has 0 aliphatic rings. The molecule has 0 N–H and O–H groups in total. The summed E-state index contributed by atoms with van der Waals surface area (Å²) < 4.78 is 16.9. The van der Waals surface area contributed by atoms with Gasteiger partial charge in [0.15, 0.2) is 6.10 Å². The van der Waals surface area contributed by atoms with E-state index in [1.54, 1.807) is 0 Å². The van der Waals surface area contributed by atoms with Gasteiger partial charge in [0.05, 0.1) is 0 Å². The molecule has 0 saturated carbocycles. The Morgan fingerprint density at radius 1 is 0.263 bits per heavy atom. The average Bonchev–Trinajstić information content (AvgIpc) is 3.46. The van der Waals surface area contributed by atoms with Crippen LogP contribution in [-0.2, 0) is 28.6 Å². The first-order valence-corrected chi connectivity index (χ1v) is 34.2. The van der Waals surface area contributed by atoms with Gasteiger partial charge < -0.3 is 14.2 Å². The number of allylic oxidation sites excluding steroid dienone is 16. The summed E-state index contributed by atoms with van der Waals surface area (Å²) in [5.41, 5.74) is 0. The van der Waals surface area contributed by atoms with Gasteiger partial charge in [0, 0.05) is 19.3 Å². The number of esters is 3. The van der Waals surface area contributed by atoms with Crippen molar-refractivity contribution in [1.29, 1.82) is 0 Å². The van der Waals surface area contributed by atoms with Crippen LogP contribution in [0.5, 0.6) is 0 Å². The van der Waals surface area contributed by atoms with Gasteiger partial charge in [-0.3, -0.25) is 14.4 Å².